The lowest BCUT2D eigenvalue weighted by Gasteiger charge is -2.23. The van der Waals surface area contributed by atoms with Gasteiger partial charge in [0.05, 0.1) is 18.7 Å². The van der Waals surface area contributed by atoms with Crippen LogP contribution in [0.2, 0.25) is 0 Å². The standard InChI is InChI=1S/C27H39N3O5S/c1-4-5-6-7-8-15-24(32)36-16-10-9-13-21-17-23(31)28-18-20-12-11-14-22(29-20)26(33)30-25(19(2)3)27(34)35-21/h9,11-14,19,21,25H,4-8,10,15-18H2,1-3H3,(H,28,31)(H,30,33)/b13-9+/t21-,25+/m1/s1. The van der Waals surface area contributed by atoms with E-state index in [1.54, 1.807) is 24.3 Å². The predicted molar refractivity (Wildman–Crippen MR) is 141 cm³/mol. The largest absolute Gasteiger partial charge is 0.456 e. The molecule has 2 atom stereocenters. The topological polar surface area (TPSA) is 114 Å². The van der Waals surface area contributed by atoms with Gasteiger partial charge in [0.1, 0.15) is 17.8 Å². The van der Waals surface area contributed by atoms with Crippen LogP contribution in [0, 0.1) is 5.92 Å². The first-order valence-corrected chi connectivity index (χ1v) is 13.8. The Hall–Kier alpha value is -2.68. The smallest absolute Gasteiger partial charge is 0.329 e. The lowest BCUT2D eigenvalue weighted by molar-refractivity contribution is -0.151. The van der Waals surface area contributed by atoms with Gasteiger partial charge in [-0.15, -0.1) is 0 Å². The summed E-state index contributed by atoms with van der Waals surface area (Å²) < 4.78 is 5.63. The highest BCUT2D eigenvalue weighted by atomic mass is 32.2. The Morgan fingerprint density at radius 3 is 2.72 bits per heavy atom. The van der Waals surface area contributed by atoms with E-state index in [2.05, 4.69) is 22.5 Å². The summed E-state index contributed by atoms with van der Waals surface area (Å²) in [4.78, 5) is 54.4. The summed E-state index contributed by atoms with van der Waals surface area (Å²) >= 11 is 1.31. The summed E-state index contributed by atoms with van der Waals surface area (Å²) in [5.74, 6) is -0.973. The van der Waals surface area contributed by atoms with E-state index in [-0.39, 0.29) is 35.6 Å². The molecule has 2 rings (SSSR count). The van der Waals surface area contributed by atoms with Gasteiger partial charge in [-0.2, -0.15) is 0 Å². The highest BCUT2D eigenvalue weighted by Crippen LogP contribution is 2.15. The molecular formula is C27H39N3O5S. The van der Waals surface area contributed by atoms with Crippen molar-refractivity contribution in [2.45, 2.75) is 90.8 Å². The van der Waals surface area contributed by atoms with E-state index >= 15 is 0 Å². The number of carbonyl (C=O) groups excluding carboxylic acids is 4. The normalized spacial score (nSPS) is 19.2. The lowest BCUT2D eigenvalue weighted by Crippen LogP contribution is -2.46. The molecule has 0 aliphatic carbocycles. The van der Waals surface area contributed by atoms with Crippen LogP contribution in [-0.2, 0) is 25.7 Å². The number of carbonyl (C=O) groups is 4. The Morgan fingerprint density at radius 2 is 1.97 bits per heavy atom. The molecule has 0 radical (unpaired) electrons. The fraction of sp³-hybridized carbons (Fsp3) is 0.593. The number of amides is 2. The van der Waals surface area contributed by atoms with E-state index in [4.69, 9.17) is 4.74 Å². The van der Waals surface area contributed by atoms with Crippen LogP contribution in [0.3, 0.4) is 0 Å². The summed E-state index contributed by atoms with van der Waals surface area (Å²) in [7, 11) is 0. The molecule has 1 aliphatic heterocycles. The Kier molecular flexibility index (Phi) is 13.2. The molecule has 1 aromatic rings. The highest BCUT2D eigenvalue weighted by molar-refractivity contribution is 8.13. The average Bonchev–Trinajstić information content (AvgIpc) is 2.85. The van der Waals surface area contributed by atoms with Gasteiger partial charge >= 0.3 is 5.97 Å². The number of aromatic nitrogens is 1. The Balaban J connectivity index is 1.96. The second kappa shape index (κ2) is 16.1. The van der Waals surface area contributed by atoms with Crippen molar-refractivity contribution in [3.63, 3.8) is 0 Å². The van der Waals surface area contributed by atoms with Crippen LogP contribution in [0.5, 0.6) is 0 Å². The summed E-state index contributed by atoms with van der Waals surface area (Å²) in [6.45, 7) is 5.95. The summed E-state index contributed by atoms with van der Waals surface area (Å²) in [5, 5.41) is 5.68. The molecule has 1 aliphatic rings. The minimum absolute atomic E-state index is 0.0511. The zero-order chi connectivity index (χ0) is 26.3. The highest BCUT2D eigenvalue weighted by Gasteiger charge is 2.29. The second-order valence-corrected chi connectivity index (χ2v) is 10.4. The minimum Gasteiger partial charge on any atom is -0.456 e. The number of unbranched alkanes of at least 4 members (excludes halogenated alkanes) is 4. The number of ether oxygens (including phenoxy) is 1. The fourth-order valence-corrected chi connectivity index (χ4v) is 4.44. The van der Waals surface area contributed by atoms with Crippen molar-refractivity contribution in [2.24, 2.45) is 5.92 Å². The molecule has 0 saturated carbocycles. The number of nitrogens with zero attached hydrogens (tertiary/aromatic N) is 1. The summed E-state index contributed by atoms with van der Waals surface area (Å²) in [6.07, 6.45) is 9.49. The van der Waals surface area contributed by atoms with Gasteiger partial charge < -0.3 is 15.4 Å². The van der Waals surface area contributed by atoms with Gasteiger partial charge in [-0.1, -0.05) is 70.4 Å². The maximum absolute atomic E-state index is 12.9. The number of cyclic esters (lactones) is 1. The first-order valence-electron chi connectivity index (χ1n) is 12.9. The van der Waals surface area contributed by atoms with Gasteiger partial charge in [0.25, 0.3) is 5.91 Å². The van der Waals surface area contributed by atoms with E-state index < -0.39 is 24.0 Å². The fourth-order valence-electron chi connectivity index (χ4n) is 3.67. The molecular weight excluding hydrogens is 478 g/mol. The van der Waals surface area contributed by atoms with Gasteiger partial charge in [-0.3, -0.25) is 14.4 Å². The molecule has 1 aromatic heterocycles. The van der Waals surface area contributed by atoms with E-state index in [0.717, 1.165) is 12.8 Å². The molecule has 0 fully saturated rings. The van der Waals surface area contributed by atoms with Gasteiger partial charge in [-0.25, -0.2) is 9.78 Å². The molecule has 0 saturated heterocycles. The van der Waals surface area contributed by atoms with Crippen LogP contribution >= 0.6 is 11.8 Å². The number of hydrogen-bond donors (Lipinski definition) is 2. The molecule has 0 unspecified atom stereocenters. The Labute approximate surface area is 218 Å². The van der Waals surface area contributed by atoms with E-state index in [1.807, 2.05) is 19.9 Å². The average molecular weight is 518 g/mol. The first-order chi connectivity index (χ1) is 17.3. The lowest BCUT2D eigenvalue weighted by atomic mass is 10.0. The number of hydrogen-bond acceptors (Lipinski definition) is 7. The van der Waals surface area contributed by atoms with Crippen LogP contribution in [0.1, 0.15) is 88.3 Å². The number of pyridine rings is 1. The molecule has 0 aromatic carbocycles. The van der Waals surface area contributed by atoms with Gasteiger partial charge in [0, 0.05) is 12.2 Å². The van der Waals surface area contributed by atoms with Crippen molar-refractivity contribution < 1.29 is 23.9 Å². The van der Waals surface area contributed by atoms with E-state index in [0.29, 0.717) is 24.3 Å². The number of fused-ring (bicyclic) bond motifs is 2. The predicted octanol–water partition coefficient (Wildman–Crippen LogP) is 4.33. The maximum Gasteiger partial charge on any atom is 0.329 e. The van der Waals surface area contributed by atoms with Gasteiger partial charge in [-0.05, 0) is 37.0 Å². The molecule has 36 heavy (non-hydrogen) atoms. The van der Waals surface area contributed by atoms with Crippen LogP contribution in [0.25, 0.3) is 0 Å². The SMILES string of the molecule is CCCCCCCC(=O)SCC/C=C/[C@@H]1CC(=O)NCc2cccc(n2)C(=O)N[C@@H](C(C)C)C(=O)O1. The number of rotatable bonds is 11. The number of thioether (sulfide) groups is 1. The third-order valence-corrected chi connectivity index (χ3v) is 6.72. The van der Waals surface area contributed by atoms with Crippen LogP contribution in [0.4, 0.5) is 0 Å². The van der Waals surface area contributed by atoms with E-state index in [9.17, 15) is 19.2 Å². The Morgan fingerprint density at radius 1 is 1.19 bits per heavy atom. The van der Waals surface area contributed by atoms with Crippen molar-refractivity contribution in [1.82, 2.24) is 15.6 Å². The molecule has 2 heterocycles. The Bertz CT molecular complexity index is 918. The number of allylic oxidation sites excluding steroid dienone is 1. The van der Waals surface area contributed by atoms with Gasteiger partial charge in [0.2, 0.25) is 5.91 Å². The molecule has 0 spiro atoms. The number of nitrogens with one attached hydrogen (secondary N) is 2. The molecule has 9 heteroatoms. The van der Waals surface area contributed by atoms with Crippen LogP contribution in [0.15, 0.2) is 30.4 Å². The monoisotopic (exact) mass is 517 g/mol. The van der Waals surface area contributed by atoms with Crippen molar-refractivity contribution in [3.05, 3.63) is 41.7 Å². The maximum atomic E-state index is 12.9. The third kappa shape index (κ3) is 10.9. The van der Waals surface area contributed by atoms with Crippen LogP contribution < -0.4 is 10.6 Å². The quantitative estimate of drug-likeness (QED) is 0.255. The summed E-state index contributed by atoms with van der Waals surface area (Å²) in [5.41, 5.74) is 0.714. The zero-order valence-corrected chi connectivity index (χ0v) is 22.4. The summed E-state index contributed by atoms with van der Waals surface area (Å²) in [6, 6.07) is 4.09. The van der Waals surface area contributed by atoms with Crippen molar-refractivity contribution in [1.29, 1.82) is 0 Å². The van der Waals surface area contributed by atoms with Gasteiger partial charge in [0.15, 0.2) is 5.12 Å². The zero-order valence-electron chi connectivity index (χ0n) is 21.6. The van der Waals surface area contributed by atoms with E-state index in [1.165, 1.54) is 31.0 Å². The van der Waals surface area contributed by atoms with Crippen LogP contribution in [-0.4, -0.2) is 45.8 Å². The number of esters is 1. The van der Waals surface area contributed by atoms with Crippen molar-refractivity contribution >= 4 is 34.7 Å². The van der Waals surface area contributed by atoms with Crippen molar-refractivity contribution in [3.8, 4) is 0 Å². The molecule has 8 nitrogen and oxygen atoms in total. The minimum atomic E-state index is -0.881. The second-order valence-electron chi connectivity index (χ2n) is 9.27. The molecule has 2 amide bonds. The molecule has 2 N–H and O–H groups in total. The molecule has 198 valence electrons. The molecule has 2 bridgehead atoms. The first kappa shape index (κ1) is 29.5. The third-order valence-electron chi connectivity index (χ3n) is 5.75. The van der Waals surface area contributed by atoms with Crippen molar-refractivity contribution in [2.75, 3.05) is 5.75 Å².